The maximum atomic E-state index is 8.88. The maximum Gasteiger partial charge on any atom is 0.0908 e. The summed E-state index contributed by atoms with van der Waals surface area (Å²) < 4.78 is 5.01. The highest BCUT2D eigenvalue weighted by Gasteiger charge is 2.00. The summed E-state index contributed by atoms with van der Waals surface area (Å²) in [7, 11) is 0. The van der Waals surface area contributed by atoms with Gasteiger partial charge in [-0.15, -0.1) is 11.6 Å². The molecule has 0 amide bonds. The molecule has 0 aromatic carbocycles. The van der Waals surface area contributed by atoms with Crippen molar-refractivity contribution < 1.29 is 9.84 Å². The SMILES string of the molecule is C=C(C)COCC(O)CCl.N. The molecule has 0 aromatic heterocycles. The number of hydrogen-bond donors (Lipinski definition) is 2. The molecule has 0 fully saturated rings. The first-order valence-corrected chi connectivity index (χ1v) is 3.66. The average molecular weight is 182 g/mol. The highest BCUT2D eigenvalue weighted by Crippen LogP contribution is 1.92. The number of ether oxygens (including phenoxy) is 1. The summed E-state index contributed by atoms with van der Waals surface area (Å²) in [5, 5.41) is 8.88. The van der Waals surface area contributed by atoms with Crippen LogP contribution in [0.1, 0.15) is 6.92 Å². The Morgan fingerprint density at radius 1 is 1.73 bits per heavy atom. The molecule has 0 rings (SSSR count). The van der Waals surface area contributed by atoms with E-state index >= 15 is 0 Å². The summed E-state index contributed by atoms with van der Waals surface area (Å²) in [6.07, 6.45) is -0.555. The lowest BCUT2D eigenvalue weighted by Crippen LogP contribution is -2.17. The van der Waals surface area contributed by atoms with Crippen LogP contribution in [0, 0.1) is 0 Å². The summed E-state index contributed by atoms with van der Waals surface area (Å²) in [5.41, 5.74) is 0.946. The summed E-state index contributed by atoms with van der Waals surface area (Å²) in [6, 6.07) is 0. The lowest BCUT2D eigenvalue weighted by molar-refractivity contribution is 0.0590. The van der Waals surface area contributed by atoms with Gasteiger partial charge in [0.05, 0.1) is 25.2 Å². The van der Waals surface area contributed by atoms with Gasteiger partial charge >= 0.3 is 0 Å². The van der Waals surface area contributed by atoms with E-state index in [9.17, 15) is 0 Å². The van der Waals surface area contributed by atoms with E-state index in [2.05, 4.69) is 6.58 Å². The molecule has 0 radical (unpaired) electrons. The molecule has 0 aliphatic carbocycles. The normalized spacial score (nSPS) is 11.9. The van der Waals surface area contributed by atoms with Crippen molar-refractivity contribution in [2.45, 2.75) is 13.0 Å². The molecule has 0 saturated heterocycles. The second-order valence-electron chi connectivity index (χ2n) is 2.28. The fourth-order valence-corrected chi connectivity index (χ4v) is 0.503. The maximum absolute atomic E-state index is 8.88. The van der Waals surface area contributed by atoms with Crippen molar-refractivity contribution in [1.29, 1.82) is 0 Å². The minimum atomic E-state index is -0.555. The van der Waals surface area contributed by atoms with Gasteiger partial charge in [0.2, 0.25) is 0 Å². The van der Waals surface area contributed by atoms with Crippen LogP contribution in [0.15, 0.2) is 12.2 Å². The first-order valence-electron chi connectivity index (χ1n) is 3.13. The largest absolute Gasteiger partial charge is 0.389 e. The third-order valence-electron chi connectivity index (χ3n) is 0.837. The minimum absolute atomic E-state index is 0. The zero-order valence-corrected chi connectivity index (χ0v) is 7.60. The second-order valence-corrected chi connectivity index (χ2v) is 2.59. The van der Waals surface area contributed by atoms with Crippen molar-refractivity contribution in [2.75, 3.05) is 19.1 Å². The zero-order valence-electron chi connectivity index (χ0n) is 6.85. The Morgan fingerprint density at radius 3 is 2.64 bits per heavy atom. The molecule has 0 aromatic rings. The summed E-state index contributed by atoms with van der Waals surface area (Å²) in [6.45, 7) is 6.29. The van der Waals surface area contributed by atoms with Gasteiger partial charge in [-0.3, -0.25) is 0 Å². The molecule has 11 heavy (non-hydrogen) atoms. The lowest BCUT2D eigenvalue weighted by Gasteiger charge is -2.06. The number of aliphatic hydroxyl groups excluding tert-OH is 1. The third kappa shape index (κ3) is 9.91. The third-order valence-corrected chi connectivity index (χ3v) is 1.19. The molecule has 0 aliphatic rings. The highest BCUT2D eigenvalue weighted by molar-refractivity contribution is 6.18. The molecular weight excluding hydrogens is 166 g/mol. The van der Waals surface area contributed by atoms with Crippen LogP contribution in [0.5, 0.6) is 0 Å². The van der Waals surface area contributed by atoms with Crippen LogP contribution < -0.4 is 6.15 Å². The molecule has 0 saturated carbocycles. The van der Waals surface area contributed by atoms with Gasteiger partial charge in [0, 0.05) is 0 Å². The van der Waals surface area contributed by atoms with Gasteiger partial charge in [0.25, 0.3) is 0 Å². The quantitative estimate of drug-likeness (QED) is 0.497. The van der Waals surface area contributed by atoms with E-state index in [1.165, 1.54) is 0 Å². The Kier molecular flexibility index (Phi) is 9.83. The van der Waals surface area contributed by atoms with E-state index in [-0.39, 0.29) is 18.6 Å². The van der Waals surface area contributed by atoms with E-state index in [4.69, 9.17) is 21.4 Å². The molecule has 1 unspecified atom stereocenters. The Hall–Kier alpha value is -0.0900. The molecular formula is C7H16ClNO2. The molecule has 0 aliphatic heterocycles. The van der Waals surface area contributed by atoms with Gasteiger partial charge in [-0.05, 0) is 6.92 Å². The molecule has 4 N–H and O–H groups in total. The van der Waals surface area contributed by atoms with Crippen LogP contribution in [0.25, 0.3) is 0 Å². The average Bonchev–Trinajstić information content (AvgIpc) is 1.87. The monoisotopic (exact) mass is 181 g/mol. The topological polar surface area (TPSA) is 64.5 Å². The van der Waals surface area contributed by atoms with Gasteiger partial charge in [0.15, 0.2) is 0 Å². The highest BCUT2D eigenvalue weighted by atomic mass is 35.5. The van der Waals surface area contributed by atoms with Crippen molar-refractivity contribution in [2.24, 2.45) is 0 Å². The summed E-state index contributed by atoms with van der Waals surface area (Å²) >= 11 is 5.31. The van der Waals surface area contributed by atoms with Crippen molar-refractivity contribution in [3.05, 3.63) is 12.2 Å². The summed E-state index contributed by atoms with van der Waals surface area (Å²) in [5.74, 6) is 0.218. The number of halogens is 1. The first kappa shape index (κ1) is 13.5. The molecule has 4 heteroatoms. The second kappa shape index (κ2) is 8.01. The minimum Gasteiger partial charge on any atom is -0.389 e. The predicted molar refractivity (Wildman–Crippen MR) is 47.4 cm³/mol. The van der Waals surface area contributed by atoms with E-state index in [1.54, 1.807) is 0 Å². The summed E-state index contributed by atoms with van der Waals surface area (Å²) in [4.78, 5) is 0. The van der Waals surface area contributed by atoms with Gasteiger partial charge in [-0.25, -0.2) is 0 Å². The number of rotatable bonds is 5. The van der Waals surface area contributed by atoms with Gasteiger partial charge in [-0.2, -0.15) is 0 Å². The van der Waals surface area contributed by atoms with Crippen molar-refractivity contribution in [3.63, 3.8) is 0 Å². The predicted octanol–water partition coefficient (Wildman–Crippen LogP) is 1.34. The van der Waals surface area contributed by atoms with Crippen LogP contribution in [-0.2, 0) is 4.74 Å². The zero-order chi connectivity index (χ0) is 7.98. The smallest absolute Gasteiger partial charge is 0.0908 e. The Bertz CT molecular complexity index is 109. The van der Waals surface area contributed by atoms with E-state index < -0.39 is 6.10 Å². The van der Waals surface area contributed by atoms with Crippen LogP contribution in [0.2, 0.25) is 0 Å². The number of alkyl halides is 1. The Balaban J connectivity index is 0. The van der Waals surface area contributed by atoms with Crippen molar-refractivity contribution in [3.8, 4) is 0 Å². The fourth-order valence-electron chi connectivity index (χ4n) is 0.414. The number of hydrogen-bond acceptors (Lipinski definition) is 3. The molecule has 0 bridgehead atoms. The van der Waals surface area contributed by atoms with Crippen molar-refractivity contribution >= 4 is 11.6 Å². The van der Waals surface area contributed by atoms with Gasteiger partial charge in [0.1, 0.15) is 0 Å². The first-order chi connectivity index (χ1) is 4.66. The molecule has 3 nitrogen and oxygen atoms in total. The molecule has 1 atom stereocenters. The van der Waals surface area contributed by atoms with Crippen molar-refractivity contribution in [1.82, 2.24) is 6.15 Å². The van der Waals surface area contributed by atoms with Crippen LogP contribution in [0.4, 0.5) is 0 Å². The Labute approximate surface area is 72.6 Å². The van der Waals surface area contributed by atoms with E-state index in [0.717, 1.165) is 5.57 Å². The fraction of sp³-hybridized carbons (Fsp3) is 0.714. The van der Waals surface area contributed by atoms with Gasteiger partial charge in [-0.1, -0.05) is 12.2 Å². The standard InChI is InChI=1S/C7H13ClO2.H3N/c1-6(2)4-10-5-7(9)3-8;/h7,9H,1,3-5H2,2H3;1H3. The lowest BCUT2D eigenvalue weighted by atomic mass is 10.4. The Morgan fingerprint density at radius 2 is 2.27 bits per heavy atom. The molecule has 0 heterocycles. The number of aliphatic hydroxyl groups is 1. The van der Waals surface area contributed by atoms with E-state index in [1.807, 2.05) is 6.92 Å². The molecule has 0 spiro atoms. The molecule has 68 valence electrons. The van der Waals surface area contributed by atoms with Gasteiger partial charge < -0.3 is 16.0 Å². The van der Waals surface area contributed by atoms with Crippen LogP contribution in [0.3, 0.4) is 0 Å². The van der Waals surface area contributed by atoms with Crippen LogP contribution >= 0.6 is 11.6 Å². The van der Waals surface area contributed by atoms with Crippen LogP contribution in [-0.4, -0.2) is 30.3 Å². The van der Waals surface area contributed by atoms with E-state index in [0.29, 0.717) is 6.61 Å².